The molecule has 0 bridgehead atoms. The largest absolute Gasteiger partial charge is 0.482 e. The smallest absolute Gasteiger partial charge is 0.258 e. The number of hydrogen-bond acceptors (Lipinski definition) is 3. The lowest BCUT2D eigenvalue weighted by Gasteiger charge is -2.08. The number of rotatable bonds is 5. The summed E-state index contributed by atoms with van der Waals surface area (Å²) in [7, 11) is 0. The van der Waals surface area contributed by atoms with Crippen molar-refractivity contribution in [2.75, 3.05) is 6.61 Å². The van der Waals surface area contributed by atoms with E-state index in [1.54, 1.807) is 18.2 Å². The maximum Gasteiger partial charge on any atom is 0.258 e. The molecule has 0 unspecified atom stereocenters. The molecule has 0 saturated heterocycles. The minimum atomic E-state index is -0.276. The van der Waals surface area contributed by atoms with Crippen molar-refractivity contribution in [1.29, 1.82) is 0 Å². The summed E-state index contributed by atoms with van der Waals surface area (Å²) in [6, 6.07) is 12.7. The molecule has 5 nitrogen and oxygen atoms in total. The number of aromatic nitrogens is 2. The lowest BCUT2D eigenvalue weighted by Crippen LogP contribution is -2.28. The van der Waals surface area contributed by atoms with Gasteiger partial charge in [-0.2, -0.15) is 0 Å². The molecule has 1 amide bonds. The van der Waals surface area contributed by atoms with Crippen LogP contribution in [0.15, 0.2) is 42.5 Å². The first kappa shape index (κ1) is 15.6. The van der Waals surface area contributed by atoms with Crippen LogP contribution >= 0.6 is 23.2 Å². The van der Waals surface area contributed by atoms with Crippen LogP contribution in [-0.2, 0) is 11.3 Å². The van der Waals surface area contributed by atoms with Crippen molar-refractivity contribution in [3.8, 4) is 5.75 Å². The molecule has 0 aliphatic carbocycles. The van der Waals surface area contributed by atoms with Crippen LogP contribution in [0, 0.1) is 0 Å². The Morgan fingerprint density at radius 3 is 2.83 bits per heavy atom. The molecule has 0 radical (unpaired) electrons. The quantitative estimate of drug-likeness (QED) is 0.739. The van der Waals surface area contributed by atoms with Crippen LogP contribution in [0.25, 0.3) is 11.0 Å². The second-order valence-corrected chi connectivity index (χ2v) is 5.60. The molecule has 0 aliphatic rings. The predicted octanol–water partition coefficient (Wildman–Crippen LogP) is 3.56. The highest BCUT2D eigenvalue weighted by Crippen LogP contribution is 2.31. The number of carbonyl (C=O) groups is 1. The zero-order valence-corrected chi connectivity index (χ0v) is 13.5. The molecule has 3 aromatic rings. The standard InChI is InChI=1S/C16H13Cl2N3O2/c17-10-4-3-7-13(16(10)18)23-9-15(22)19-8-14-20-11-5-1-2-6-12(11)21-14/h1-7H,8-9H2,(H,19,22)(H,20,21). The summed E-state index contributed by atoms with van der Waals surface area (Å²) in [5.74, 6) is 0.778. The molecule has 1 aromatic heterocycles. The fourth-order valence-electron chi connectivity index (χ4n) is 2.06. The summed E-state index contributed by atoms with van der Waals surface area (Å²) >= 11 is 11.9. The third-order valence-electron chi connectivity index (χ3n) is 3.17. The van der Waals surface area contributed by atoms with Gasteiger partial charge in [-0.1, -0.05) is 41.4 Å². The van der Waals surface area contributed by atoms with E-state index >= 15 is 0 Å². The number of benzene rings is 2. The number of para-hydroxylation sites is 2. The molecule has 0 fully saturated rings. The minimum Gasteiger partial charge on any atom is -0.482 e. The van der Waals surface area contributed by atoms with E-state index in [9.17, 15) is 4.79 Å². The van der Waals surface area contributed by atoms with E-state index in [0.29, 0.717) is 28.2 Å². The molecule has 118 valence electrons. The molecular weight excluding hydrogens is 337 g/mol. The molecule has 0 spiro atoms. The number of hydrogen-bond donors (Lipinski definition) is 2. The Morgan fingerprint density at radius 1 is 1.17 bits per heavy atom. The fourth-order valence-corrected chi connectivity index (χ4v) is 2.41. The molecule has 0 atom stereocenters. The first-order valence-electron chi connectivity index (χ1n) is 6.90. The molecule has 0 saturated carbocycles. The molecule has 1 heterocycles. The first-order valence-corrected chi connectivity index (χ1v) is 7.66. The number of nitrogens with one attached hydrogen (secondary N) is 2. The molecular formula is C16H13Cl2N3O2. The van der Waals surface area contributed by atoms with E-state index < -0.39 is 0 Å². The van der Waals surface area contributed by atoms with Crippen LogP contribution in [-0.4, -0.2) is 22.5 Å². The average molecular weight is 350 g/mol. The lowest BCUT2D eigenvalue weighted by atomic mass is 10.3. The van der Waals surface area contributed by atoms with Crippen LogP contribution in [0.5, 0.6) is 5.75 Å². The molecule has 3 rings (SSSR count). The van der Waals surface area contributed by atoms with E-state index in [-0.39, 0.29) is 12.5 Å². The van der Waals surface area contributed by atoms with Gasteiger partial charge in [0.1, 0.15) is 16.6 Å². The topological polar surface area (TPSA) is 67.0 Å². The normalized spacial score (nSPS) is 10.7. The Kier molecular flexibility index (Phi) is 4.69. The third-order valence-corrected chi connectivity index (χ3v) is 3.97. The van der Waals surface area contributed by atoms with Crippen molar-refractivity contribution in [2.45, 2.75) is 6.54 Å². The van der Waals surface area contributed by atoms with Gasteiger partial charge in [0.15, 0.2) is 6.61 Å². The number of carbonyl (C=O) groups excluding carboxylic acids is 1. The summed E-state index contributed by atoms with van der Waals surface area (Å²) in [5.41, 5.74) is 1.79. The van der Waals surface area contributed by atoms with Crippen LogP contribution in [0.3, 0.4) is 0 Å². The zero-order valence-electron chi connectivity index (χ0n) is 12.0. The van der Waals surface area contributed by atoms with E-state index in [1.165, 1.54) is 0 Å². The lowest BCUT2D eigenvalue weighted by molar-refractivity contribution is -0.123. The molecule has 0 aliphatic heterocycles. The van der Waals surface area contributed by atoms with Gasteiger partial charge in [0, 0.05) is 0 Å². The molecule has 7 heteroatoms. The van der Waals surface area contributed by atoms with Gasteiger partial charge in [0.2, 0.25) is 0 Å². The van der Waals surface area contributed by atoms with Gasteiger partial charge < -0.3 is 15.0 Å². The van der Waals surface area contributed by atoms with Crippen LogP contribution in [0.2, 0.25) is 10.0 Å². The molecule has 2 N–H and O–H groups in total. The van der Waals surface area contributed by atoms with Gasteiger partial charge in [0.05, 0.1) is 22.6 Å². The SMILES string of the molecule is O=C(COc1cccc(Cl)c1Cl)NCc1nc2ccccc2[nH]1. The Hall–Kier alpha value is -2.24. The van der Waals surface area contributed by atoms with E-state index in [2.05, 4.69) is 15.3 Å². The van der Waals surface area contributed by atoms with Crippen molar-refractivity contribution in [3.05, 3.63) is 58.3 Å². The predicted molar refractivity (Wildman–Crippen MR) is 89.9 cm³/mol. The van der Waals surface area contributed by atoms with Gasteiger partial charge >= 0.3 is 0 Å². The van der Waals surface area contributed by atoms with Crippen molar-refractivity contribution < 1.29 is 9.53 Å². The number of fused-ring (bicyclic) bond motifs is 1. The summed E-state index contributed by atoms with van der Waals surface area (Å²) in [4.78, 5) is 19.4. The van der Waals surface area contributed by atoms with Crippen molar-refractivity contribution in [1.82, 2.24) is 15.3 Å². The maximum atomic E-state index is 11.8. The second kappa shape index (κ2) is 6.89. The Balaban J connectivity index is 1.54. The van der Waals surface area contributed by atoms with Gasteiger partial charge in [-0.15, -0.1) is 0 Å². The van der Waals surface area contributed by atoms with Crippen molar-refractivity contribution in [3.63, 3.8) is 0 Å². The van der Waals surface area contributed by atoms with Gasteiger partial charge in [-0.3, -0.25) is 4.79 Å². The maximum absolute atomic E-state index is 11.8. The number of aromatic amines is 1. The number of ether oxygens (including phenoxy) is 1. The van der Waals surface area contributed by atoms with Crippen LogP contribution < -0.4 is 10.1 Å². The van der Waals surface area contributed by atoms with E-state index in [1.807, 2.05) is 24.3 Å². The summed E-state index contributed by atoms with van der Waals surface area (Å²) in [5, 5.41) is 3.40. The van der Waals surface area contributed by atoms with Crippen LogP contribution in [0.4, 0.5) is 0 Å². The highest BCUT2D eigenvalue weighted by atomic mass is 35.5. The minimum absolute atomic E-state index is 0.152. The summed E-state index contributed by atoms with van der Waals surface area (Å²) in [6.07, 6.45) is 0. The number of halogens is 2. The second-order valence-electron chi connectivity index (χ2n) is 4.82. The Labute approximate surface area is 142 Å². The zero-order chi connectivity index (χ0) is 16.2. The summed E-state index contributed by atoms with van der Waals surface area (Å²) in [6.45, 7) is 0.139. The highest BCUT2D eigenvalue weighted by Gasteiger charge is 2.09. The van der Waals surface area contributed by atoms with Crippen molar-refractivity contribution in [2.24, 2.45) is 0 Å². The monoisotopic (exact) mass is 349 g/mol. The van der Waals surface area contributed by atoms with Gasteiger partial charge in [-0.25, -0.2) is 4.98 Å². The van der Waals surface area contributed by atoms with E-state index in [4.69, 9.17) is 27.9 Å². The number of imidazole rings is 1. The Bertz CT molecular complexity index is 815. The van der Waals surface area contributed by atoms with Gasteiger partial charge in [0.25, 0.3) is 5.91 Å². The van der Waals surface area contributed by atoms with Crippen LogP contribution in [0.1, 0.15) is 5.82 Å². The first-order chi connectivity index (χ1) is 11.1. The number of amides is 1. The fraction of sp³-hybridized carbons (Fsp3) is 0.125. The number of H-pyrrole nitrogens is 1. The number of nitrogens with zero attached hydrogens (tertiary/aromatic N) is 1. The van der Waals surface area contributed by atoms with Crippen molar-refractivity contribution >= 4 is 40.1 Å². The van der Waals surface area contributed by atoms with E-state index in [0.717, 1.165) is 11.0 Å². The third kappa shape index (κ3) is 3.75. The highest BCUT2D eigenvalue weighted by molar-refractivity contribution is 6.42. The summed E-state index contributed by atoms with van der Waals surface area (Å²) < 4.78 is 5.37. The average Bonchev–Trinajstić information content (AvgIpc) is 2.97. The Morgan fingerprint density at radius 2 is 2.00 bits per heavy atom. The molecule has 23 heavy (non-hydrogen) atoms. The van der Waals surface area contributed by atoms with Gasteiger partial charge in [-0.05, 0) is 24.3 Å². The molecule has 2 aromatic carbocycles.